The smallest absolute Gasteiger partial charge is 0.224 e. The van der Waals surface area contributed by atoms with Crippen molar-refractivity contribution < 1.29 is 9.53 Å². The molecule has 0 fully saturated rings. The number of amides is 1. The van der Waals surface area contributed by atoms with Crippen molar-refractivity contribution in [2.24, 2.45) is 5.73 Å². The number of hydrogen-bond donors (Lipinski definition) is 2. The molecule has 0 radical (unpaired) electrons. The minimum atomic E-state index is -0.0158. The summed E-state index contributed by atoms with van der Waals surface area (Å²) >= 11 is 6.12. The molecule has 3 N–H and O–H groups in total. The van der Waals surface area contributed by atoms with E-state index >= 15 is 0 Å². The van der Waals surface area contributed by atoms with Gasteiger partial charge < -0.3 is 15.8 Å². The van der Waals surface area contributed by atoms with Crippen molar-refractivity contribution in [3.63, 3.8) is 0 Å². The predicted octanol–water partition coefficient (Wildman–Crippen LogP) is 4.98. The Kier molecular flexibility index (Phi) is 7.59. The Morgan fingerprint density at radius 1 is 0.958 bits per heavy atom. The highest BCUT2D eigenvalue weighted by molar-refractivity contribution is 6.32. The van der Waals surface area contributed by atoms with Gasteiger partial charge in [0.2, 0.25) is 5.91 Å². The topological polar surface area (TPSA) is 64.4 Å². The van der Waals surface area contributed by atoms with Crippen molar-refractivity contribution in [2.75, 3.05) is 11.9 Å². The molecule has 0 bridgehead atoms. The first-order chi connectivity index (χ1) is 11.7. The van der Waals surface area contributed by atoms with E-state index in [1.54, 1.807) is 18.2 Å². The first-order valence-electron chi connectivity index (χ1n) is 8.22. The summed E-state index contributed by atoms with van der Waals surface area (Å²) in [5, 5.41) is 3.44. The Hall–Kier alpha value is -2.04. The average Bonchev–Trinajstić information content (AvgIpc) is 2.58. The highest BCUT2D eigenvalue weighted by Crippen LogP contribution is 2.33. The second-order valence-electron chi connectivity index (χ2n) is 5.53. The first-order valence-corrected chi connectivity index (χ1v) is 8.60. The molecule has 24 heavy (non-hydrogen) atoms. The number of carbonyl (C=O) groups excluding carboxylic acids is 1. The fourth-order valence-electron chi connectivity index (χ4n) is 2.30. The van der Waals surface area contributed by atoms with Crippen LogP contribution in [0.4, 0.5) is 5.69 Å². The molecule has 0 aromatic heterocycles. The van der Waals surface area contributed by atoms with Gasteiger partial charge in [0, 0.05) is 6.42 Å². The number of hydrogen-bond acceptors (Lipinski definition) is 3. The third-order valence-corrected chi connectivity index (χ3v) is 3.89. The van der Waals surface area contributed by atoms with Crippen molar-refractivity contribution >= 4 is 23.2 Å². The van der Waals surface area contributed by atoms with Crippen LogP contribution in [0.1, 0.15) is 32.1 Å². The Morgan fingerprint density at radius 2 is 1.62 bits per heavy atom. The molecule has 0 aliphatic rings. The fourth-order valence-corrected chi connectivity index (χ4v) is 2.48. The van der Waals surface area contributed by atoms with Gasteiger partial charge in [-0.3, -0.25) is 4.79 Å². The Balaban J connectivity index is 1.94. The van der Waals surface area contributed by atoms with Crippen LogP contribution in [0.15, 0.2) is 48.5 Å². The van der Waals surface area contributed by atoms with Gasteiger partial charge in [-0.1, -0.05) is 48.7 Å². The molecule has 0 spiro atoms. The fraction of sp³-hybridized carbons (Fsp3) is 0.316. The molecule has 2 aromatic carbocycles. The van der Waals surface area contributed by atoms with E-state index in [2.05, 4.69) is 5.32 Å². The molecule has 0 unspecified atom stereocenters. The molecule has 0 saturated heterocycles. The van der Waals surface area contributed by atoms with E-state index < -0.39 is 0 Å². The van der Waals surface area contributed by atoms with Crippen LogP contribution in [0.25, 0.3) is 0 Å². The van der Waals surface area contributed by atoms with E-state index in [1.165, 1.54) is 0 Å². The maximum atomic E-state index is 12.1. The van der Waals surface area contributed by atoms with Crippen LogP contribution < -0.4 is 15.8 Å². The van der Waals surface area contributed by atoms with Crippen molar-refractivity contribution in [1.29, 1.82) is 0 Å². The predicted molar refractivity (Wildman–Crippen MR) is 98.7 cm³/mol. The summed E-state index contributed by atoms with van der Waals surface area (Å²) in [5.74, 6) is 1.11. The largest absolute Gasteiger partial charge is 0.454 e. The van der Waals surface area contributed by atoms with Crippen LogP contribution in [0, 0.1) is 0 Å². The van der Waals surface area contributed by atoms with Crippen LogP contribution in [-0.4, -0.2) is 12.5 Å². The minimum Gasteiger partial charge on any atom is -0.454 e. The molecule has 0 atom stereocenters. The Labute approximate surface area is 148 Å². The van der Waals surface area contributed by atoms with Crippen molar-refractivity contribution in [2.45, 2.75) is 32.1 Å². The molecular formula is C19H23ClN2O2. The van der Waals surface area contributed by atoms with E-state index in [9.17, 15) is 4.79 Å². The van der Waals surface area contributed by atoms with E-state index in [-0.39, 0.29) is 5.91 Å². The zero-order valence-electron chi connectivity index (χ0n) is 13.6. The SMILES string of the molecule is NCCCCCCC(=O)Nc1ccccc1Oc1ccccc1Cl. The van der Waals surface area contributed by atoms with Gasteiger partial charge in [0.1, 0.15) is 5.75 Å². The standard InChI is InChI=1S/C19H23ClN2O2/c20-15-9-4-6-11-17(15)24-18-12-7-5-10-16(18)22-19(23)13-3-1-2-8-14-21/h4-7,9-12H,1-3,8,13-14,21H2,(H,22,23). The van der Waals surface area contributed by atoms with Gasteiger partial charge in [-0.15, -0.1) is 0 Å². The van der Waals surface area contributed by atoms with Crippen LogP contribution in [0.2, 0.25) is 5.02 Å². The summed E-state index contributed by atoms with van der Waals surface area (Å²) in [6.45, 7) is 0.707. The van der Waals surface area contributed by atoms with Crippen molar-refractivity contribution in [3.05, 3.63) is 53.6 Å². The lowest BCUT2D eigenvalue weighted by Gasteiger charge is -2.13. The van der Waals surface area contributed by atoms with Gasteiger partial charge in [0.25, 0.3) is 0 Å². The summed E-state index contributed by atoms with van der Waals surface area (Å²) in [5.41, 5.74) is 6.10. The monoisotopic (exact) mass is 346 g/mol. The summed E-state index contributed by atoms with van der Waals surface area (Å²) < 4.78 is 5.84. The van der Waals surface area contributed by atoms with E-state index in [0.717, 1.165) is 25.7 Å². The number of rotatable bonds is 9. The maximum Gasteiger partial charge on any atom is 0.224 e. The number of nitrogens with one attached hydrogen (secondary N) is 1. The normalized spacial score (nSPS) is 10.4. The van der Waals surface area contributed by atoms with E-state index in [4.69, 9.17) is 22.1 Å². The number of nitrogens with two attached hydrogens (primary N) is 1. The van der Waals surface area contributed by atoms with Crippen LogP contribution >= 0.6 is 11.6 Å². The number of unbranched alkanes of at least 4 members (excludes halogenated alkanes) is 3. The van der Waals surface area contributed by atoms with Gasteiger partial charge in [-0.25, -0.2) is 0 Å². The van der Waals surface area contributed by atoms with Gasteiger partial charge in [0.15, 0.2) is 5.75 Å². The zero-order valence-corrected chi connectivity index (χ0v) is 14.4. The number of halogens is 1. The molecule has 0 aliphatic carbocycles. The number of carbonyl (C=O) groups is 1. The van der Waals surface area contributed by atoms with Gasteiger partial charge >= 0.3 is 0 Å². The van der Waals surface area contributed by atoms with E-state index in [0.29, 0.717) is 35.2 Å². The van der Waals surface area contributed by atoms with Crippen molar-refractivity contribution in [1.82, 2.24) is 0 Å². The number of benzene rings is 2. The quantitative estimate of drug-likeness (QED) is 0.629. The molecule has 128 valence electrons. The highest BCUT2D eigenvalue weighted by Gasteiger charge is 2.09. The second-order valence-corrected chi connectivity index (χ2v) is 5.94. The average molecular weight is 347 g/mol. The molecule has 2 rings (SSSR count). The zero-order chi connectivity index (χ0) is 17.2. The summed E-state index contributed by atoms with van der Waals surface area (Å²) in [6.07, 6.45) is 4.44. The molecular weight excluding hydrogens is 324 g/mol. The molecule has 1 amide bonds. The lowest BCUT2D eigenvalue weighted by Crippen LogP contribution is -2.11. The van der Waals surface area contributed by atoms with Crippen molar-refractivity contribution in [3.8, 4) is 11.5 Å². The van der Waals surface area contributed by atoms with Gasteiger partial charge in [0.05, 0.1) is 10.7 Å². The number of anilines is 1. The molecule has 5 heteroatoms. The third kappa shape index (κ3) is 5.87. The number of para-hydroxylation sites is 3. The summed E-state index contributed by atoms with van der Waals surface area (Å²) in [6, 6.07) is 14.6. The van der Waals surface area contributed by atoms with E-state index in [1.807, 2.05) is 30.3 Å². The summed E-state index contributed by atoms with van der Waals surface area (Å²) in [4.78, 5) is 12.1. The van der Waals surface area contributed by atoms with Gasteiger partial charge in [-0.2, -0.15) is 0 Å². The molecule has 0 saturated carbocycles. The molecule has 2 aromatic rings. The molecule has 0 aliphatic heterocycles. The third-order valence-electron chi connectivity index (χ3n) is 3.58. The Morgan fingerprint density at radius 3 is 2.38 bits per heavy atom. The second kappa shape index (κ2) is 9.96. The van der Waals surface area contributed by atoms with Crippen LogP contribution in [0.5, 0.6) is 11.5 Å². The van der Waals surface area contributed by atoms with Crippen LogP contribution in [0.3, 0.4) is 0 Å². The Bertz CT molecular complexity index is 661. The number of ether oxygens (including phenoxy) is 1. The maximum absolute atomic E-state index is 12.1. The summed E-state index contributed by atoms with van der Waals surface area (Å²) in [7, 11) is 0. The molecule has 4 nitrogen and oxygen atoms in total. The minimum absolute atomic E-state index is 0.0158. The highest BCUT2D eigenvalue weighted by atomic mass is 35.5. The molecule has 0 heterocycles. The van der Waals surface area contributed by atoms with Gasteiger partial charge in [-0.05, 0) is 43.7 Å². The lowest BCUT2D eigenvalue weighted by atomic mass is 10.1. The first kappa shape index (κ1) is 18.3. The lowest BCUT2D eigenvalue weighted by molar-refractivity contribution is -0.116. The van der Waals surface area contributed by atoms with Crippen LogP contribution in [-0.2, 0) is 4.79 Å².